The zero-order chi connectivity index (χ0) is 14.3. The number of nitrogens with zero attached hydrogens (tertiary/aromatic N) is 2. The zero-order valence-corrected chi connectivity index (χ0v) is 11.3. The molecule has 0 bridgehead atoms. The highest BCUT2D eigenvalue weighted by Gasteiger charge is 2.04. The lowest BCUT2D eigenvalue weighted by atomic mass is 10.2. The van der Waals surface area contributed by atoms with Crippen LogP contribution in [0.4, 0.5) is 5.82 Å². The van der Waals surface area contributed by atoms with E-state index in [0.717, 1.165) is 30.1 Å². The van der Waals surface area contributed by atoms with E-state index in [1.54, 1.807) is 7.05 Å². The van der Waals surface area contributed by atoms with Crippen molar-refractivity contribution in [3.05, 3.63) is 39.1 Å². The molecule has 0 saturated heterocycles. The summed E-state index contributed by atoms with van der Waals surface area (Å²) in [5, 5.41) is 3.07. The molecule has 0 aliphatic heterocycles. The van der Waals surface area contributed by atoms with Gasteiger partial charge in [0, 0.05) is 26.7 Å². The first-order valence-electron chi connectivity index (χ1n) is 6.19. The summed E-state index contributed by atoms with van der Waals surface area (Å²) in [7, 11) is 3.07. The van der Waals surface area contributed by atoms with Crippen molar-refractivity contribution < 1.29 is 4.79 Å². The predicted octanol–water partition coefficient (Wildman–Crippen LogP) is 0.421. The lowest BCUT2D eigenvalue weighted by Crippen LogP contribution is -2.37. The van der Waals surface area contributed by atoms with Crippen LogP contribution in [0.2, 0.25) is 0 Å². The van der Waals surface area contributed by atoms with Crippen molar-refractivity contribution in [1.29, 1.82) is 0 Å². The van der Waals surface area contributed by atoms with Crippen molar-refractivity contribution in [3.8, 4) is 0 Å². The van der Waals surface area contributed by atoms with Gasteiger partial charge in [-0.1, -0.05) is 6.08 Å². The van der Waals surface area contributed by atoms with E-state index < -0.39 is 0 Å². The van der Waals surface area contributed by atoms with E-state index in [1.165, 1.54) is 23.8 Å². The molecule has 0 aliphatic rings. The number of anilines is 1. The number of carbonyl (C=O) groups is 1. The smallest absolute Gasteiger partial charge is 0.332 e. The molecule has 1 heterocycles. The third kappa shape index (κ3) is 4.24. The topological polar surface area (TPSA) is 73.1 Å². The summed E-state index contributed by atoms with van der Waals surface area (Å²) in [6.07, 6.45) is 6.74. The summed E-state index contributed by atoms with van der Waals surface area (Å²) >= 11 is 0. The van der Waals surface area contributed by atoms with E-state index in [1.807, 2.05) is 6.08 Å². The van der Waals surface area contributed by atoms with Gasteiger partial charge >= 0.3 is 5.69 Å². The number of carbonyl (C=O) groups excluding carboxylic acids is 1. The molecule has 1 rings (SSSR count). The van der Waals surface area contributed by atoms with E-state index in [2.05, 4.69) is 5.32 Å². The van der Waals surface area contributed by atoms with Gasteiger partial charge in [-0.2, -0.15) is 0 Å². The molecule has 1 aromatic rings. The molecule has 0 aliphatic carbocycles. The first-order valence-corrected chi connectivity index (χ1v) is 6.19. The third-order valence-electron chi connectivity index (χ3n) is 2.84. The number of hydrogen-bond donors (Lipinski definition) is 1. The molecule has 0 atom stereocenters. The van der Waals surface area contributed by atoms with Gasteiger partial charge in [0.05, 0.1) is 0 Å². The molecule has 0 spiro atoms. The molecule has 0 radical (unpaired) electrons. The summed E-state index contributed by atoms with van der Waals surface area (Å²) in [6, 6.07) is 1.41. The second kappa shape index (κ2) is 7.35. The Bertz CT molecular complexity index is 569. The Morgan fingerprint density at radius 3 is 2.63 bits per heavy atom. The Morgan fingerprint density at radius 1 is 1.21 bits per heavy atom. The van der Waals surface area contributed by atoms with Gasteiger partial charge in [0.2, 0.25) is 0 Å². The summed E-state index contributed by atoms with van der Waals surface area (Å²) in [5.41, 5.74) is -0.663. The molecule has 104 valence electrons. The molecule has 0 fully saturated rings. The van der Waals surface area contributed by atoms with Crippen LogP contribution in [-0.2, 0) is 18.9 Å². The minimum atomic E-state index is -0.344. The van der Waals surface area contributed by atoms with Crippen molar-refractivity contribution in [2.24, 2.45) is 14.1 Å². The van der Waals surface area contributed by atoms with Gasteiger partial charge in [0.15, 0.2) is 0 Å². The van der Waals surface area contributed by atoms with Crippen LogP contribution >= 0.6 is 0 Å². The van der Waals surface area contributed by atoms with Gasteiger partial charge in [0.1, 0.15) is 12.1 Å². The number of unbranched alkanes of at least 4 members (excludes halogenated alkanes) is 2. The van der Waals surface area contributed by atoms with Crippen molar-refractivity contribution >= 4 is 12.1 Å². The van der Waals surface area contributed by atoms with Gasteiger partial charge in [-0.05, 0) is 25.3 Å². The Hall–Kier alpha value is -2.11. The standard InChI is InChI=1S/C13H19N3O3/c1-15-11(10-12(18)16(2)13(15)19)14-8-6-4-3-5-7-9-17/h5,7,9-10,14H,3-4,6,8H2,1-2H3/b7-5-. The Kier molecular flexibility index (Phi) is 5.78. The minimum Gasteiger partial charge on any atom is -0.371 e. The van der Waals surface area contributed by atoms with Crippen molar-refractivity contribution in [2.75, 3.05) is 11.9 Å². The number of aromatic nitrogens is 2. The molecule has 1 N–H and O–H groups in total. The quantitative estimate of drug-likeness (QED) is 0.440. The van der Waals surface area contributed by atoms with Crippen LogP contribution in [0.5, 0.6) is 0 Å². The zero-order valence-electron chi connectivity index (χ0n) is 11.3. The molecule has 0 saturated carbocycles. The molecule has 0 aromatic carbocycles. The van der Waals surface area contributed by atoms with Gasteiger partial charge in [-0.15, -0.1) is 0 Å². The average molecular weight is 265 g/mol. The normalized spacial score (nSPS) is 10.8. The number of nitrogens with one attached hydrogen (secondary N) is 1. The number of hydrogen-bond acceptors (Lipinski definition) is 4. The van der Waals surface area contributed by atoms with E-state index in [9.17, 15) is 14.4 Å². The second-order valence-corrected chi connectivity index (χ2v) is 4.26. The van der Waals surface area contributed by atoms with E-state index in [-0.39, 0.29) is 11.2 Å². The first kappa shape index (κ1) is 14.9. The van der Waals surface area contributed by atoms with Crippen LogP contribution < -0.4 is 16.6 Å². The molecule has 19 heavy (non-hydrogen) atoms. The second-order valence-electron chi connectivity index (χ2n) is 4.26. The molecule has 6 heteroatoms. The van der Waals surface area contributed by atoms with Crippen molar-refractivity contribution in [3.63, 3.8) is 0 Å². The minimum absolute atomic E-state index is 0.320. The summed E-state index contributed by atoms with van der Waals surface area (Å²) in [5.74, 6) is 0.525. The highest BCUT2D eigenvalue weighted by molar-refractivity contribution is 5.64. The van der Waals surface area contributed by atoms with E-state index in [4.69, 9.17) is 0 Å². The predicted molar refractivity (Wildman–Crippen MR) is 74.5 cm³/mol. The number of rotatable bonds is 7. The maximum atomic E-state index is 11.7. The monoisotopic (exact) mass is 265 g/mol. The average Bonchev–Trinajstić information content (AvgIpc) is 2.41. The lowest BCUT2D eigenvalue weighted by molar-refractivity contribution is -0.104. The third-order valence-corrected chi connectivity index (χ3v) is 2.84. The Morgan fingerprint density at radius 2 is 1.95 bits per heavy atom. The molecule has 6 nitrogen and oxygen atoms in total. The van der Waals surface area contributed by atoms with E-state index >= 15 is 0 Å². The van der Waals surface area contributed by atoms with Crippen LogP contribution in [0.25, 0.3) is 0 Å². The number of allylic oxidation sites excluding steroid dienone is 2. The van der Waals surface area contributed by atoms with Gasteiger partial charge in [-0.3, -0.25) is 18.7 Å². The van der Waals surface area contributed by atoms with Crippen LogP contribution in [-0.4, -0.2) is 22.0 Å². The van der Waals surface area contributed by atoms with Crippen molar-refractivity contribution in [1.82, 2.24) is 9.13 Å². The molecular formula is C13H19N3O3. The highest BCUT2D eigenvalue weighted by atomic mass is 16.2. The fourth-order valence-electron chi connectivity index (χ4n) is 1.66. The highest BCUT2D eigenvalue weighted by Crippen LogP contribution is 2.01. The molecule has 0 amide bonds. The van der Waals surface area contributed by atoms with Gasteiger partial charge < -0.3 is 5.32 Å². The molecule has 1 aromatic heterocycles. The van der Waals surface area contributed by atoms with Crippen molar-refractivity contribution in [2.45, 2.75) is 19.3 Å². The molecular weight excluding hydrogens is 246 g/mol. The first-order chi connectivity index (χ1) is 9.07. The van der Waals surface area contributed by atoms with Crippen LogP contribution in [0.1, 0.15) is 19.3 Å². The van der Waals surface area contributed by atoms with Gasteiger partial charge in [-0.25, -0.2) is 4.79 Å². The lowest BCUT2D eigenvalue weighted by Gasteiger charge is -2.11. The van der Waals surface area contributed by atoms with Crippen LogP contribution in [0.3, 0.4) is 0 Å². The Balaban J connectivity index is 2.51. The summed E-state index contributed by atoms with van der Waals surface area (Å²) in [4.78, 5) is 33.2. The summed E-state index contributed by atoms with van der Waals surface area (Å²) in [6.45, 7) is 0.676. The fourth-order valence-corrected chi connectivity index (χ4v) is 1.66. The SMILES string of the molecule is Cn1c(NCCCC/C=C\C=O)cc(=O)n(C)c1=O. The maximum Gasteiger partial charge on any atom is 0.332 e. The Labute approximate surface area is 111 Å². The number of aldehydes is 1. The molecule has 0 unspecified atom stereocenters. The van der Waals surface area contributed by atoms with E-state index in [0.29, 0.717) is 12.4 Å². The van der Waals surface area contributed by atoms with Gasteiger partial charge in [0.25, 0.3) is 5.56 Å². The largest absolute Gasteiger partial charge is 0.371 e. The summed E-state index contributed by atoms with van der Waals surface area (Å²) < 4.78 is 2.48. The van der Waals surface area contributed by atoms with Crippen LogP contribution in [0, 0.1) is 0 Å². The maximum absolute atomic E-state index is 11.7. The fraction of sp³-hybridized carbons (Fsp3) is 0.462. The van der Waals surface area contributed by atoms with Crippen LogP contribution in [0.15, 0.2) is 27.8 Å².